The molecule has 0 bridgehead atoms. The van der Waals surface area contributed by atoms with E-state index in [2.05, 4.69) is 0 Å². The number of alkyl halides is 3. The van der Waals surface area contributed by atoms with Crippen LogP contribution in [0.3, 0.4) is 0 Å². The normalized spacial score (nSPS) is 19.7. The first kappa shape index (κ1) is 20.2. The number of nitrogens with zero attached hydrogens (tertiary/aromatic N) is 1. The van der Waals surface area contributed by atoms with Gasteiger partial charge in [0.05, 0.1) is 30.4 Å². The zero-order chi connectivity index (χ0) is 20.3. The molecule has 1 fully saturated rings. The van der Waals surface area contributed by atoms with E-state index in [4.69, 9.17) is 4.74 Å². The lowest BCUT2D eigenvalue weighted by atomic mass is 9.95. The van der Waals surface area contributed by atoms with Gasteiger partial charge in [-0.3, -0.25) is 0 Å². The van der Waals surface area contributed by atoms with Crippen molar-refractivity contribution in [3.8, 4) is 0 Å². The van der Waals surface area contributed by atoms with Crippen molar-refractivity contribution in [2.24, 2.45) is 0 Å². The molecule has 150 valence electrons. The van der Waals surface area contributed by atoms with Gasteiger partial charge < -0.3 is 14.7 Å². The predicted molar refractivity (Wildman–Crippen MR) is 99.4 cm³/mol. The van der Waals surface area contributed by atoms with Gasteiger partial charge in [-0.05, 0) is 55.3 Å². The molecule has 2 atom stereocenters. The summed E-state index contributed by atoms with van der Waals surface area (Å²) in [4.78, 5) is 13.8. The molecule has 7 heteroatoms. The third-order valence-electron chi connectivity index (χ3n) is 5.04. The fraction of sp³-hybridized carbons (Fsp3) is 0.381. The molecular formula is C21H22F3NO3. The third-order valence-corrected chi connectivity index (χ3v) is 5.04. The van der Waals surface area contributed by atoms with Crippen molar-refractivity contribution in [3.63, 3.8) is 0 Å². The van der Waals surface area contributed by atoms with E-state index < -0.39 is 17.7 Å². The third kappa shape index (κ3) is 4.30. The lowest BCUT2D eigenvalue weighted by Gasteiger charge is -2.25. The molecule has 1 N–H and O–H groups in total. The van der Waals surface area contributed by atoms with Crippen LogP contribution in [-0.2, 0) is 10.9 Å². The summed E-state index contributed by atoms with van der Waals surface area (Å²) in [6.45, 7) is 2.56. The summed E-state index contributed by atoms with van der Waals surface area (Å²) in [7, 11) is 0. The highest BCUT2D eigenvalue weighted by Gasteiger charge is 2.34. The van der Waals surface area contributed by atoms with Crippen molar-refractivity contribution in [3.05, 3.63) is 65.2 Å². The number of hydrogen-bond acceptors (Lipinski definition) is 4. The molecule has 0 aromatic heterocycles. The Morgan fingerprint density at radius 3 is 2.32 bits per heavy atom. The molecule has 1 aliphatic heterocycles. The molecule has 4 nitrogen and oxygen atoms in total. The van der Waals surface area contributed by atoms with E-state index in [1.807, 2.05) is 4.90 Å². The summed E-state index contributed by atoms with van der Waals surface area (Å²) in [5, 5.41) is 9.76. The van der Waals surface area contributed by atoms with Gasteiger partial charge in [-0.2, -0.15) is 13.2 Å². The van der Waals surface area contributed by atoms with Crippen molar-refractivity contribution >= 4 is 11.7 Å². The fourth-order valence-electron chi connectivity index (χ4n) is 3.60. The van der Waals surface area contributed by atoms with Gasteiger partial charge in [0, 0.05) is 18.2 Å². The second-order valence-electron chi connectivity index (χ2n) is 6.81. The molecule has 0 amide bonds. The van der Waals surface area contributed by atoms with Crippen molar-refractivity contribution in [1.82, 2.24) is 0 Å². The monoisotopic (exact) mass is 393 g/mol. The van der Waals surface area contributed by atoms with Crippen LogP contribution in [0.4, 0.5) is 18.9 Å². The number of ether oxygens (including phenoxy) is 1. The first-order valence-electron chi connectivity index (χ1n) is 9.15. The molecule has 0 radical (unpaired) electrons. The molecular weight excluding hydrogens is 371 g/mol. The maximum Gasteiger partial charge on any atom is 0.416 e. The van der Waals surface area contributed by atoms with Crippen LogP contribution >= 0.6 is 0 Å². The molecule has 0 spiro atoms. The summed E-state index contributed by atoms with van der Waals surface area (Å²) in [6.07, 6.45) is -3.71. The van der Waals surface area contributed by atoms with Crippen LogP contribution in [0, 0.1) is 0 Å². The summed E-state index contributed by atoms with van der Waals surface area (Å²) >= 11 is 0. The molecule has 2 aromatic rings. The number of aliphatic hydroxyl groups is 1. The number of hydrogen-bond donors (Lipinski definition) is 1. The largest absolute Gasteiger partial charge is 0.462 e. The Kier molecular flexibility index (Phi) is 5.93. The number of benzene rings is 2. The van der Waals surface area contributed by atoms with Gasteiger partial charge in [-0.25, -0.2) is 4.79 Å². The minimum absolute atomic E-state index is 0.0177. The second kappa shape index (κ2) is 8.22. The molecule has 1 unspecified atom stereocenters. The van der Waals surface area contributed by atoms with Gasteiger partial charge in [-0.15, -0.1) is 0 Å². The van der Waals surface area contributed by atoms with Crippen LogP contribution in [0.15, 0.2) is 48.5 Å². The second-order valence-corrected chi connectivity index (χ2v) is 6.81. The SMILES string of the molecule is CCOC(=O)c1ccc(N2CC(c3ccc(C(F)(F)F)cc3)C[C@H]2CO)cc1. The minimum atomic E-state index is -4.35. The Hall–Kier alpha value is -2.54. The van der Waals surface area contributed by atoms with E-state index in [1.165, 1.54) is 12.1 Å². The van der Waals surface area contributed by atoms with Crippen LogP contribution in [0.2, 0.25) is 0 Å². The molecule has 0 saturated carbocycles. The number of halogens is 3. The number of rotatable bonds is 5. The van der Waals surface area contributed by atoms with E-state index in [1.54, 1.807) is 31.2 Å². The van der Waals surface area contributed by atoms with E-state index in [-0.39, 0.29) is 18.6 Å². The van der Waals surface area contributed by atoms with Crippen molar-refractivity contribution in [2.45, 2.75) is 31.5 Å². The highest BCUT2D eigenvalue weighted by atomic mass is 19.4. The summed E-state index contributed by atoms with van der Waals surface area (Å²) in [5.74, 6) is -0.374. The molecule has 3 rings (SSSR count). The summed E-state index contributed by atoms with van der Waals surface area (Å²) in [5.41, 5.74) is 1.45. The van der Waals surface area contributed by atoms with Crippen molar-refractivity contribution in [2.75, 3.05) is 24.7 Å². The zero-order valence-corrected chi connectivity index (χ0v) is 15.4. The van der Waals surface area contributed by atoms with E-state index in [0.29, 0.717) is 25.1 Å². The topological polar surface area (TPSA) is 49.8 Å². The van der Waals surface area contributed by atoms with Crippen LogP contribution in [-0.4, -0.2) is 36.9 Å². The van der Waals surface area contributed by atoms with Crippen LogP contribution in [0.1, 0.15) is 40.7 Å². The van der Waals surface area contributed by atoms with Crippen molar-refractivity contribution in [1.29, 1.82) is 0 Å². The first-order valence-corrected chi connectivity index (χ1v) is 9.15. The molecule has 1 aliphatic rings. The Morgan fingerprint density at radius 2 is 1.79 bits per heavy atom. The maximum absolute atomic E-state index is 12.8. The smallest absolute Gasteiger partial charge is 0.416 e. The summed E-state index contributed by atoms with van der Waals surface area (Å²) in [6, 6.07) is 12.0. The highest BCUT2D eigenvalue weighted by molar-refractivity contribution is 5.89. The van der Waals surface area contributed by atoms with Crippen LogP contribution in [0.5, 0.6) is 0 Å². The zero-order valence-electron chi connectivity index (χ0n) is 15.4. The van der Waals surface area contributed by atoms with Gasteiger partial charge >= 0.3 is 12.1 Å². The number of anilines is 1. The average Bonchev–Trinajstić information content (AvgIpc) is 3.12. The van der Waals surface area contributed by atoms with Crippen LogP contribution < -0.4 is 4.90 Å². The standard InChI is InChI=1S/C21H22F3NO3/c1-2-28-20(27)15-5-9-18(10-6-15)25-12-16(11-19(25)13-26)14-3-7-17(8-4-14)21(22,23)24/h3-10,16,19,26H,2,11-13H2,1H3/t16?,19-/m0/s1. The van der Waals surface area contributed by atoms with Gasteiger partial charge in [0.15, 0.2) is 0 Å². The van der Waals surface area contributed by atoms with Gasteiger partial charge in [0.25, 0.3) is 0 Å². The summed E-state index contributed by atoms with van der Waals surface area (Å²) < 4.78 is 43.3. The number of esters is 1. The van der Waals surface area contributed by atoms with Gasteiger partial charge in [0.2, 0.25) is 0 Å². The highest BCUT2D eigenvalue weighted by Crippen LogP contribution is 2.36. The molecule has 0 aliphatic carbocycles. The number of carbonyl (C=O) groups excluding carboxylic acids is 1. The van der Waals surface area contributed by atoms with Crippen molar-refractivity contribution < 1.29 is 27.8 Å². The molecule has 28 heavy (non-hydrogen) atoms. The Labute approximate surface area is 161 Å². The average molecular weight is 393 g/mol. The van der Waals surface area contributed by atoms with E-state index >= 15 is 0 Å². The maximum atomic E-state index is 12.8. The molecule has 1 saturated heterocycles. The first-order chi connectivity index (χ1) is 13.3. The van der Waals surface area contributed by atoms with Gasteiger partial charge in [-0.1, -0.05) is 12.1 Å². The molecule has 1 heterocycles. The quantitative estimate of drug-likeness (QED) is 0.772. The van der Waals surface area contributed by atoms with E-state index in [9.17, 15) is 23.1 Å². The predicted octanol–water partition coefficient (Wildman–Crippen LogP) is 4.24. The Morgan fingerprint density at radius 1 is 1.14 bits per heavy atom. The lowest BCUT2D eigenvalue weighted by molar-refractivity contribution is -0.137. The fourth-order valence-corrected chi connectivity index (χ4v) is 3.60. The number of aliphatic hydroxyl groups excluding tert-OH is 1. The Balaban J connectivity index is 1.75. The lowest BCUT2D eigenvalue weighted by Crippen LogP contribution is -2.32. The van der Waals surface area contributed by atoms with E-state index in [0.717, 1.165) is 23.4 Å². The minimum Gasteiger partial charge on any atom is -0.462 e. The number of carbonyl (C=O) groups is 1. The molecule has 2 aromatic carbocycles. The van der Waals surface area contributed by atoms with Crippen LogP contribution in [0.25, 0.3) is 0 Å². The van der Waals surface area contributed by atoms with Gasteiger partial charge in [0.1, 0.15) is 0 Å². The Bertz CT molecular complexity index is 803.